The molecule has 1 unspecified atom stereocenters. The Labute approximate surface area is 162 Å². The molecule has 1 aliphatic rings. The van der Waals surface area contributed by atoms with Gasteiger partial charge in [0.15, 0.2) is 6.10 Å². The smallest absolute Gasteiger partial charge is 0.317 e. The van der Waals surface area contributed by atoms with Gasteiger partial charge in [0.25, 0.3) is 0 Å². The molecule has 1 aliphatic heterocycles. The summed E-state index contributed by atoms with van der Waals surface area (Å²) in [5, 5.41) is 7.63. The standard InChI is InChI=1S/C20H21ClFN3O2/c1-2-23-20(26)25(12-14-3-9-17(22)10-4-14)13-18-11-19(24-27-18)15-5-7-16(21)8-6-15/h3-10,18H,2,11-13H2,1H3,(H,23,26). The van der Waals surface area contributed by atoms with Crippen molar-refractivity contribution in [1.82, 2.24) is 10.2 Å². The Balaban J connectivity index is 1.64. The summed E-state index contributed by atoms with van der Waals surface area (Å²) in [7, 11) is 0. The van der Waals surface area contributed by atoms with Crippen molar-refractivity contribution in [3.05, 3.63) is 70.5 Å². The summed E-state index contributed by atoms with van der Waals surface area (Å²) in [5.41, 5.74) is 2.62. The van der Waals surface area contributed by atoms with Gasteiger partial charge in [0.05, 0.1) is 12.3 Å². The van der Waals surface area contributed by atoms with Crippen LogP contribution in [0, 0.1) is 5.82 Å². The van der Waals surface area contributed by atoms with Crippen LogP contribution in [0.25, 0.3) is 0 Å². The first kappa shape index (κ1) is 19.2. The zero-order valence-electron chi connectivity index (χ0n) is 15.0. The summed E-state index contributed by atoms with van der Waals surface area (Å²) in [6.45, 7) is 3.13. The van der Waals surface area contributed by atoms with E-state index in [1.165, 1.54) is 12.1 Å². The van der Waals surface area contributed by atoms with Crippen LogP contribution in [0.3, 0.4) is 0 Å². The van der Waals surface area contributed by atoms with E-state index in [1.54, 1.807) is 17.0 Å². The fourth-order valence-electron chi connectivity index (χ4n) is 2.88. The van der Waals surface area contributed by atoms with Gasteiger partial charge in [-0.1, -0.05) is 41.0 Å². The van der Waals surface area contributed by atoms with E-state index in [2.05, 4.69) is 10.5 Å². The predicted molar refractivity (Wildman–Crippen MR) is 103 cm³/mol. The third-order valence-electron chi connectivity index (χ3n) is 4.24. The average molecular weight is 390 g/mol. The van der Waals surface area contributed by atoms with Crippen LogP contribution in [0.15, 0.2) is 53.7 Å². The normalized spacial score (nSPS) is 15.8. The van der Waals surface area contributed by atoms with E-state index in [0.717, 1.165) is 16.8 Å². The van der Waals surface area contributed by atoms with Gasteiger partial charge in [0.1, 0.15) is 5.82 Å². The minimum atomic E-state index is -0.302. The Hall–Kier alpha value is -2.60. The number of hydrogen-bond acceptors (Lipinski definition) is 3. The highest BCUT2D eigenvalue weighted by Crippen LogP contribution is 2.20. The fourth-order valence-corrected chi connectivity index (χ4v) is 3.00. The number of oxime groups is 1. The van der Waals surface area contributed by atoms with Gasteiger partial charge in [0, 0.05) is 24.5 Å². The third kappa shape index (κ3) is 5.20. The molecule has 0 spiro atoms. The Morgan fingerprint density at radius 3 is 2.63 bits per heavy atom. The van der Waals surface area contributed by atoms with E-state index < -0.39 is 0 Å². The van der Waals surface area contributed by atoms with E-state index >= 15 is 0 Å². The molecule has 0 aliphatic carbocycles. The number of urea groups is 1. The third-order valence-corrected chi connectivity index (χ3v) is 4.49. The lowest BCUT2D eigenvalue weighted by atomic mass is 10.0. The largest absolute Gasteiger partial charge is 0.390 e. The second-order valence-corrected chi connectivity index (χ2v) is 6.76. The van der Waals surface area contributed by atoms with Crippen LogP contribution in [0.4, 0.5) is 9.18 Å². The number of hydrogen-bond donors (Lipinski definition) is 1. The molecular weight excluding hydrogens is 369 g/mol. The maximum Gasteiger partial charge on any atom is 0.317 e. The maximum atomic E-state index is 13.1. The Kier molecular flexibility index (Phi) is 6.29. The van der Waals surface area contributed by atoms with E-state index in [0.29, 0.717) is 31.1 Å². The van der Waals surface area contributed by atoms with Crippen molar-refractivity contribution in [2.45, 2.75) is 26.0 Å². The van der Waals surface area contributed by atoms with Crippen molar-refractivity contribution >= 4 is 23.3 Å². The lowest BCUT2D eigenvalue weighted by Crippen LogP contribution is -2.43. The number of carbonyl (C=O) groups is 1. The van der Waals surface area contributed by atoms with Crippen LogP contribution >= 0.6 is 11.6 Å². The molecule has 2 amide bonds. The van der Waals surface area contributed by atoms with Crippen molar-refractivity contribution in [2.24, 2.45) is 5.16 Å². The van der Waals surface area contributed by atoms with Gasteiger partial charge in [-0.3, -0.25) is 0 Å². The van der Waals surface area contributed by atoms with E-state index in [1.807, 2.05) is 31.2 Å². The van der Waals surface area contributed by atoms with Crippen LogP contribution in [0.5, 0.6) is 0 Å². The Morgan fingerprint density at radius 1 is 1.26 bits per heavy atom. The first-order valence-electron chi connectivity index (χ1n) is 8.81. The number of nitrogens with zero attached hydrogens (tertiary/aromatic N) is 2. The van der Waals surface area contributed by atoms with Gasteiger partial charge in [-0.2, -0.15) is 0 Å². The van der Waals surface area contributed by atoms with Crippen LogP contribution in [-0.2, 0) is 11.4 Å². The molecule has 2 aromatic rings. The zero-order valence-corrected chi connectivity index (χ0v) is 15.7. The molecule has 0 radical (unpaired) electrons. The van der Waals surface area contributed by atoms with Crippen molar-refractivity contribution in [1.29, 1.82) is 0 Å². The number of carbonyl (C=O) groups excluding carboxylic acids is 1. The zero-order chi connectivity index (χ0) is 19.2. The number of amides is 2. The number of rotatable bonds is 6. The van der Waals surface area contributed by atoms with Crippen LogP contribution in [0.1, 0.15) is 24.5 Å². The molecule has 0 bridgehead atoms. The molecule has 0 fully saturated rings. The maximum absolute atomic E-state index is 13.1. The molecule has 27 heavy (non-hydrogen) atoms. The Morgan fingerprint density at radius 2 is 1.96 bits per heavy atom. The topological polar surface area (TPSA) is 53.9 Å². The van der Waals surface area contributed by atoms with Crippen molar-refractivity contribution in [3.8, 4) is 0 Å². The number of halogens is 2. The predicted octanol–water partition coefficient (Wildman–Crippen LogP) is 4.20. The SMILES string of the molecule is CCNC(=O)N(Cc1ccc(F)cc1)CC1CC(c2ccc(Cl)cc2)=NO1. The average Bonchev–Trinajstić information content (AvgIpc) is 3.12. The van der Waals surface area contributed by atoms with E-state index in [-0.39, 0.29) is 18.0 Å². The molecule has 0 aromatic heterocycles. The molecule has 0 saturated heterocycles. The molecular formula is C20H21ClFN3O2. The summed E-state index contributed by atoms with van der Waals surface area (Å²) in [6, 6.07) is 13.3. The fraction of sp³-hybridized carbons (Fsp3) is 0.300. The first-order chi connectivity index (χ1) is 13.0. The second-order valence-electron chi connectivity index (χ2n) is 6.32. The summed E-state index contributed by atoms with van der Waals surface area (Å²) < 4.78 is 13.1. The highest BCUT2D eigenvalue weighted by atomic mass is 35.5. The van der Waals surface area contributed by atoms with Crippen molar-refractivity contribution < 1.29 is 14.0 Å². The second kappa shape index (κ2) is 8.86. The number of benzene rings is 2. The molecule has 5 nitrogen and oxygen atoms in total. The molecule has 2 aromatic carbocycles. The molecule has 1 heterocycles. The minimum absolute atomic E-state index is 0.189. The minimum Gasteiger partial charge on any atom is -0.390 e. The van der Waals surface area contributed by atoms with Gasteiger partial charge in [-0.05, 0) is 42.3 Å². The molecule has 3 rings (SSSR count). The summed E-state index contributed by atoms with van der Waals surface area (Å²) in [5.74, 6) is -0.302. The van der Waals surface area contributed by atoms with E-state index in [4.69, 9.17) is 16.4 Å². The van der Waals surface area contributed by atoms with Gasteiger partial charge >= 0.3 is 6.03 Å². The highest BCUT2D eigenvalue weighted by molar-refractivity contribution is 6.30. The van der Waals surface area contributed by atoms with Crippen molar-refractivity contribution in [2.75, 3.05) is 13.1 Å². The molecule has 0 saturated carbocycles. The van der Waals surface area contributed by atoms with Gasteiger partial charge < -0.3 is 15.1 Å². The lowest BCUT2D eigenvalue weighted by Gasteiger charge is -2.25. The quantitative estimate of drug-likeness (QED) is 0.804. The molecule has 142 valence electrons. The first-order valence-corrected chi connectivity index (χ1v) is 9.18. The molecule has 1 N–H and O–H groups in total. The highest BCUT2D eigenvalue weighted by Gasteiger charge is 2.26. The Bertz CT molecular complexity index is 809. The van der Waals surface area contributed by atoms with Gasteiger partial charge in [-0.15, -0.1) is 0 Å². The molecule has 7 heteroatoms. The van der Waals surface area contributed by atoms with Crippen LogP contribution in [0.2, 0.25) is 5.02 Å². The van der Waals surface area contributed by atoms with Gasteiger partial charge in [-0.25, -0.2) is 9.18 Å². The summed E-state index contributed by atoms with van der Waals surface area (Å²) >= 11 is 5.92. The van der Waals surface area contributed by atoms with Gasteiger partial charge in [0.2, 0.25) is 0 Å². The summed E-state index contributed by atoms with van der Waals surface area (Å²) in [4.78, 5) is 19.6. The monoisotopic (exact) mass is 389 g/mol. The van der Waals surface area contributed by atoms with E-state index in [9.17, 15) is 9.18 Å². The summed E-state index contributed by atoms with van der Waals surface area (Å²) in [6.07, 6.45) is 0.361. The van der Waals surface area contributed by atoms with Crippen molar-refractivity contribution in [3.63, 3.8) is 0 Å². The lowest BCUT2D eigenvalue weighted by molar-refractivity contribution is 0.0590. The van der Waals surface area contributed by atoms with Crippen LogP contribution in [-0.4, -0.2) is 35.8 Å². The number of nitrogens with one attached hydrogen (secondary N) is 1. The molecule has 1 atom stereocenters. The van der Waals surface area contributed by atoms with Crippen LogP contribution < -0.4 is 5.32 Å².